The first kappa shape index (κ1) is 19.9. The van der Waals surface area contributed by atoms with Crippen LogP contribution < -0.4 is 5.43 Å². The quantitative estimate of drug-likeness (QED) is 0.368. The second-order valence-corrected chi connectivity index (χ2v) is 7.93. The maximum atomic E-state index is 13.8. The fourth-order valence-electron chi connectivity index (χ4n) is 3.85. The maximum absolute atomic E-state index is 13.8. The minimum absolute atomic E-state index is 0.0940. The molecule has 0 fully saturated rings. The zero-order chi connectivity index (χ0) is 20.9. The van der Waals surface area contributed by atoms with Gasteiger partial charge in [0.1, 0.15) is 11.5 Å². The van der Waals surface area contributed by atoms with Gasteiger partial charge in [-0.1, -0.05) is 105 Å². The highest BCUT2D eigenvalue weighted by molar-refractivity contribution is 5.62. The second kappa shape index (κ2) is 8.96. The SMILES string of the molecule is CC(C)c1oc(-c2ccccc2)c(Cc2ccccc2)c(=O)c1Cc1ccccc1. The highest BCUT2D eigenvalue weighted by atomic mass is 16.3. The molecule has 0 amide bonds. The monoisotopic (exact) mass is 394 g/mol. The summed E-state index contributed by atoms with van der Waals surface area (Å²) in [6.45, 7) is 4.16. The summed E-state index contributed by atoms with van der Waals surface area (Å²) in [5.74, 6) is 1.58. The lowest BCUT2D eigenvalue weighted by Gasteiger charge is -2.17. The Morgan fingerprint density at radius 1 is 0.667 bits per heavy atom. The van der Waals surface area contributed by atoms with E-state index in [-0.39, 0.29) is 11.3 Å². The van der Waals surface area contributed by atoms with E-state index in [0.29, 0.717) is 18.6 Å². The molecule has 1 aromatic heterocycles. The molecule has 0 aliphatic carbocycles. The molecule has 0 aliphatic rings. The minimum atomic E-state index is 0.0940. The molecule has 0 spiro atoms. The van der Waals surface area contributed by atoms with Crippen LogP contribution in [0.15, 0.2) is 100 Å². The van der Waals surface area contributed by atoms with E-state index in [4.69, 9.17) is 4.42 Å². The summed E-state index contributed by atoms with van der Waals surface area (Å²) >= 11 is 0. The zero-order valence-corrected chi connectivity index (χ0v) is 17.5. The summed E-state index contributed by atoms with van der Waals surface area (Å²) in [7, 11) is 0. The van der Waals surface area contributed by atoms with Gasteiger partial charge in [0.05, 0.1) is 0 Å². The van der Waals surface area contributed by atoms with Crippen molar-refractivity contribution in [3.05, 3.63) is 129 Å². The van der Waals surface area contributed by atoms with Crippen molar-refractivity contribution >= 4 is 0 Å². The average Bonchev–Trinajstić information content (AvgIpc) is 2.78. The Bertz CT molecular complexity index is 1160. The molecule has 0 atom stereocenters. The van der Waals surface area contributed by atoms with Gasteiger partial charge in [0, 0.05) is 35.4 Å². The Balaban J connectivity index is 1.92. The Kier molecular flexibility index (Phi) is 5.94. The van der Waals surface area contributed by atoms with Gasteiger partial charge in [-0.15, -0.1) is 0 Å². The second-order valence-electron chi connectivity index (χ2n) is 7.93. The number of rotatable bonds is 6. The first-order chi connectivity index (χ1) is 14.6. The molecule has 150 valence electrons. The van der Waals surface area contributed by atoms with Crippen LogP contribution in [0.25, 0.3) is 11.3 Å². The van der Waals surface area contributed by atoms with Gasteiger partial charge in [-0.2, -0.15) is 0 Å². The van der Waals surface area contributed by atoms with Crippen molar-refractivity contribution in [2.45, 2.75) is 32.6 Å². The van der Waals surface area contributed by atoms with E-state index < -0.39 is 0 Å². The van der Waals surface area contributed by atoms with Crippen LogP contribution in [-0.2, 0) is 12.8 Å². The number of hydrogen-bond donors (Lipinski definition) is 0. The van der Waals surface area contributed by atoms with Gasteiger partial charge in [0.15, 0.2) is 5.43 Å². The Morgan fingerprint density at radius 3 is 1.63 bits per heavy atom. The van der Waals surface area contributed by atoms with Gasteiger partial charge in [-0.3, -0.25) is 4.79 Å². The molecular formula is C28H26O2. The van der Waals surface area contributed by atoms with E-state index in [2.05, 4.69) is 38.1 Å². The molecule has 30 heavy (non-hydrogen) atoms. The lowest BCUT2D eigenvalue weighted by molar-refractivity contribution is 0.469. The van der Waals surface area contributed by atoms with Gasteiger partial charge in [-0.05, 0) is 11.1 Å². The van der Waals surface area contributed by atoms with Crippen molar-refractivity contribution in [2.75, 3.05) is 0 Å². The molecule has 4 aromatic rings. The molecule has 2 heteroatoms. The third-order valence-electron chi connectivity index (χ3n) is 5.34. The van der Waals surface area contributed by atoms with Crippen LogP contribution in [-0.4, -0.2) is 0 Å². The van der Waals surface area contributed by atoms with Crippen LogP contribution in [0.2, 0.25) is 0 Å². The highest BCUT2D eigenvalue weighted by Crippen LogP contribution is 2.30. The van der Waals surface area contributed by atoms with Crippen molar-refractivity contribution < 1.29 is 4.42 Å². The lowest BCUT2D eigenvalue weighted by Crippen LogP contribution is -2.20. The third kappa shape index (κ3) is 4.28. The maximum Gasteiger partial charge on any atom is 0.192 e. The van der Waals surface area contributed by atoms with E-state index >= 15 is 0 Å². The van der Waals surface area contributed by atoms with Crippen LogP contribution in [0, 0.1) is 0 Å². The summed E-state index contributed by atoms with van der Waals surface area (Å²) in [6, 6.07) is 30.2. The van der Waals surface area contributed by atoms with Crippen molar-refractivity contribution in [1.82, 2.24) is 0 Å². The van der Waals surface area contributed by atoms with Crippen LogP contribution in [0.3, 0.4) is 0 Å². The summed E-state index contributed by atoms with van der Waals surface area (Å²) < 4.78 is 6.51. The smallest absolute Gasteiger partial charge is 0.192 e. The van der Waals surface area contributed by atoms with Gasteiger partial charge in [-0.25, -0.2) is 0 Å². The molecule has 0 aliphatic heterocycles. The van der Waals surface area contributed by atoms with Crippen molar-refractivity contribution in [1.29, 1.82) is 0 Å². The predicted octanol–water partition coefficient (Wildman–Crippen LogP) is 6.61. The van der Waals surface area contributed by atoms with E-state index in [1.165, 1.54) is 0 Å². The lowest BCUT2D eigenvalue weighted by atomic mass is 9.93. The van der Waals surface area contributed by atoms with Gasteiger partial charge >= 0.3 is 0 Å². The Labute approximate surface area is 177 Å². The average molecular weight is 395 g/mol. The third-order valence-corrected chi connectivity index (χ3v) is 5.34. The molecule has 0 unspecified atom stereocenters. The first-order valence-electron chi connectivity index (χ1n) is 10.5. The number of benzene rings is 3. The van der Waals surface area contributed by atoms with Crippen LogP contribution in [0.4, 0.5) is 0 Å². The van der Waals surface area contributed by atoms with E-state index in [9.17, 15) is 4.79 Å². The molecule has 0 saturated heterocycles. The normalized spacial score (nSPS) is 11.0. The fraction of sp³-hybridized carbons (Fsp3) is 0.179. The number of hydrogen-bond acceptors (Lipinski definition) is 2. The highest BCUT2D eigenvalue weighted by Gasteiger charge is 2.22. The molecule has 4 rings (SSSR count). The Hall–Kier alpha value is -3.39. The van der Waals surface area contributed by atoms with Crippen molar-refractivity contribution in [3.8, 4) is 11.3 Å². The molecule has 1 heterocycles. The van der Waals surface area contributed by atoms with E-state index in [0.717, 1.165) is 33.6 Å². The molecular weight excluding hydrogens is 368 g/mol. The summed E-state index contributed by atoms with van der Waals surface area (Å²) in [5, 5.41) is 0. The van der Waals surface area contributed by atoms with Crippen molar-refractivity contribution in [2.24, 2.45) is 0 Å². The van der Waals surface area contributed by atoms with E-state index in [1.54, 1.807) is 0 Å². The van der Waals surface area contributed by atoms with Crippen molar-refractivity contribution in [3.63, 3.8) is 0 Å². The molecule has 3 aromatic carbocycles. The molecule has 0 N–H and O–H groups in total. The topological polar surface area (TPSA) is 30.2 Å². The zero-order valence-electron chi connectivity index (χ0n) is 17.5. The molecule has 0 saturated carbocycles. The van der Waals surface area contributed by atoms with E-state index in [1.807, 2.05) is 66.7 Å². The van der Waals surface area contributed by atoms with Gasteiger partial charge in [0.2, 0.25) is 0 Å². The van der Waals surface area contributed by atoms with Crippen LogP contribution >= 0.6 is 0 Å². The standard InChI is InChI=1S/C28H26O2/c1-20(2)27-24(18-21-12-6-3-7-13-21)26(29)25(19-22-14-8-4-9-15-22)28(30-27)23-16-10-5-11-17-23/h3-17,20H,18-19H2,1-2H3. The van der Waals surface area contributed by atoms with Gasteiger partial charge in [0.25, 0.3) is 0 Å². The van der Waals surface area contributed by atoms with Crippen LogP contribution in [0.1, 0.15) is 47.8 Å². The predicted molar refractivity (Wildman–Crippen MR) is 123 cm³/mol. The van der Waals surface area contributed by atoms with Crippen LogP contribution in [0.5, 0.6) is 0 Å². The molecule has 0 radical (unpaired) electrons. The Morgan fingerprint density at radius 2 is 1.13 bits per heavy atom. The summed E-state index contributed by atoms with van der Waals surface area (Å²) in [4.78, 5) is 13.8. The van der Waals surface area contributed by atoms with Gasteiger partial charge < -0.3 is 4.42 Å². The molecule has 0 bridgehead atoms. The largest absolute Gasteiger partial charge is 0.460 e. The first-order valence-corrected chi connectivity index (χ1v) is 10.5. The minimum Gasteiger partial charge on any atom is -0.460 e. The fourth-order valence-corrected chi connectivity index (χ4v) is 3.85. The summed E-state index contributed by atoms with van der Waals surface area (Å²) in [5.41, 5.74) is 4.74. The summed E-state index contributed by atoms with van der Waals surface area (Å²) in [6.07, 6.45) is 1.13. The molecule has 2 nitrogen and oxygen atoms in total.